The highest BCUT2D eigenvalue weighted by molar-refractivity contribution is 5.86. The molecule has 2 heterocycles. The maximum Gasteiger partial charge on any atom is 0.412 e. The summed E-state index contributed by atoms with van der Waals surface area (Å²) in [5.41, 5.74) is 1.42. The minimum atomic E-state index is -0.548. The van der Waals surface area contributed by atoms with Crippen LogP contribution in [0, 0.1) is 0 Å². The third kappa shape index (κ3) is 6.46. The number of nitrogens with one attached hydrogen (secondary N) is 1. The van der Waals surface area contributed by atoms with Crippen LogP contribution in [0.15, 0.2) is 36.5 Å². The monoisotopic (exact) mass is 459 g/mol. The number of rotatable bonds is 10. The van der Waals surface area contributed by atoms with E-state index < -0.39 is 11.9 Å². The molecule has 1 saturated carbocycles. The maximum atomic E-state index is 12.4. The Labute approximate surface area is 194 Å². The van der Waals surface area contributed by atoms with E-state index in [-0.39, 0.29) is 12.6 Å². The maximum absolute atomic E-state index is 12.4. The van der Waals surface area contributed by atoms with Gasteiger partial charge >= 0.3 is 6.09 Å². The minimum absolute atomic E-state index is 0.185. The number of carbonyl (C=O) groups excluding carboxylic acids is 1. The summed E-state index contributed by atoms with van der Waals surface area (Å²) in [7, 11) is 0. The van der Waals surface area contributed by atoms with Crippen LogP contribution in [-0.2, 0) is 25.6 Å². The molecule has 2 aliphatic rings. The fourth-order valence-corrected chi connectivity index (χ4v) is 4.19. The number of ether oxygens (including phenoxy) is 5. The standard InChI is InChI=1S/C24H33N3O6/c1-2-29-13-6-14-30-22-21(25-23(28)31-18-19-7-4-3-5-8-19)17-27(26-22)20-9-11-24(12-10-20)32-15-16-33-24/h3-5,7-8,17,20H,2,6,9-16,18H2,1H3,(H,25,28). The molecule has 1 N–H and O–H groups in total. The molecule has 1 aliphatic carbocycles. The number of hydrogen-bond donors (Lipinski definition) is 1. The quantitative estimate of drug-likeness (QED) is 0.530. The average Bonchev–Trinajstić information content (AvgIpc) is 3.46. The van der Waals surface area contributed by atoms with E-state index >= 15 is 0 Å². The van der Waals surface area contributed by atoms with Gasteiger partial charge in [-0.2, -0.15) is 0 Å². The molecule has 9 nitrogen and oxygen atoms in total. The molecule has 1 aromatic carbocycles. The van der Waals surface area contributed by atoms with Crippen LogP contribution in [-0.4, -0.2) is 54.7 Å². The van der Waals surface area contributed by atoms with Gasteiger partial charge in [-0.25, -0.2) is 4.79 Å². The van der Waals surface area contributed by atoms with Gasteiger partial charge in [-0.3, -0.25) is 10.00 Å². The normalized spacial score (nSPS) is 17.8. The van der Waals surface area contributed by atoms with E-state index in [1.54, 1.807) is 0 Å². The van der Waals surface area contributed by atoms with Crippen molar-refractivity contribution in [3.05, 3.63) is 42.1 Å². The van der Waals surface area contributed by atoms with Crippen molar-refractivity contribution in [2.24, 2.45) is 0 Å². The van der Waals surface area contributed by atoms with Crippen LogP contribution in [0.4, 0.5) is 10.5 Å². The Hall–Kier alpha value is -2.62. The molecule has 180 valence electrons. The van der Waals surface area contributed by atoms with Crippen molar-refractivity contribution >= 4 is 11.8 Å². The van der Waals surface area contributed by atoms with Gasteiger partial charge in [0.25, 0.3) is 5.88 Å². The molecule has 0 atom stereocenters. The summed E-state index contributed by atoms with van der Waals surface area (Å²) in [5.74, 6) is -0.0401. The van der Waals surface area contributed by atoms with Gasteiger partial charge in [0, 0.05) is 32.5 Å². The third-order valence-corrected chi connectivity index (χ3v) is 5.93. The van der Waals surface area contributed by atoms with Crippen molar-refractivity contribution in [3.63, 3.8) is 0 Å². The SMILES string of the molecule is CCOCCCOc1nn(C2CCC3(CC2)OCCO3)cc1NC(=O)OCc1ccccc1. The molecular weight excluding hydrogens is 426 g/mol. The summed E-state index contributed by atoms with van der Waals surface area (Å²) in [4.78, 5) is 12.4. The van der Waals surface area contributed by atoms with Crippen LogP contribution >= 0.6 is 0 Å². The van der Waals surface area contributed by atoms with E-state index in [1.807, 2.05) is 48.1 Å². The highest BCUT2D eigenvalue weighted by atomic mass is 16.7. The minimum Gasteiger partial charge on any atom is -0.475 e. The Morgan fingerprint density at radius 3 is 2.67 bits per heavy atom. The van der Waals surface area contributed by atoms with E-state index in [4.69, 9.17) is 23.7 Å². The zero-order valence-corrected chi connectivity index (χ0v) is 19.2. The fraction of sp³-hybridized carbons (Fsp3) is 0.583. The molecule has 33 heavy (non-hydrogen) atoms. The largest absolute Gasteiger partial charge is 0.475 e. The van der Waals surface area contributed by atoms with Crippen molar-refractivity contribution in [1.82, 2.24) is 9.78 Å². The molecule has 1 aromatic heterocycles. The highest BCUT2D eigenvalue weighted by Crippen LogP contribution is 2.41. The van der Waals surface area contributed by atoms with Gasteiger partial charge in [0.1, 0.15) is 12.3 Å². The van der Waals surface area contributed by atoms with E-state index in [0.717, 1.165) is 37.7 Å². The molecule has 2 aromatic rings. The number of nitrogens with zero attached hydrogens (tertiary/aromatic N) is 2. The second-order valence-corrected chi connectivity index (χ2v) is 8.25. The van der Waals surface area contributed by atoms with Crippen LogP contribution in [0.3, 0.4) is 0 Å². The summed E-state index contributed by atoms with van der Waals surface area (Å²) in [6.45, 7) is 5.20. The Kier molecular flexibility index (Phi) is 8.20. The molecule has 2 fully saturated rings. The van der Waals surface area contributed by atoms with Gasteiger partial charge in [0.2, 0.25) is 0 Å². The predicted octanol–water partition coefficient (Wildman–Crippen LogP) is 4.30. The number of amides is 1. The zero-order valence-electron chi connectivity index (χ0n) is 19.2. The Balaban J connectivity index is 1.37. The molecule has 4 rings (SSSR count). The highest BCUT2D eigenvalue weighted by Gasteiger charge is 2.41. The van der Waals surface area contributed by atoms with Crippen LogP contribution in [0.5, 0.6) is 5.88 Å². The summed E-state index contributed by atoms with van der Waals surface area (Å²) in [6.07, 6.45) is 5.41. The first-order valence-corrected chi connectivity index (χ1v) is 11.7. The molecule has 1 spiro atoms. The topological polar surface area (TPSA) is 93.1 Å². The smallest absolute Gasteiger partial charge is 0.412 e. The van der Waals surface area contributed by atoms with E-state index in [1.165, 1.54) is 0 Å². The van der Waals surface area contributed by atoms with Crippen molar-refractivity contribution in [2.45, 2.75) is 57.5 Å². The predicted molar refractivity (Wildman–Crippen MR) is 121 cm³/mol. The summed E-state index contributed by atoms with van der Waals surface area (Å²) in [5, 5.41) is 7.43. The van der Waals surface area contributed by atoms with Gasteiger partial charge < -0.3 is 23.7 Å². The molecule has 0 bridgehead atoms. The molecule has 9 heteroatoms. The Morgan fingerprint density at radius 2 is 1.94 bits per heavy atom. The molecule has 0 unspecified atom stereocenters. The third-order valence-electron chi connectivity index (χ3n) is 5.93. The van der Waals surface area contributed by atoms with E-state index in [0.29, 0.717) is 44.6 Å². The lowest BCUT2D eigenvalue weighted by Crippen LogP contribution is -2.35. The number of hydrogen-bond acceptors (Lipinski definition) is 7. The van der Waals surface area contributed by atoms with E-state index in [2.05, 4.69) is 10.4 Å². The van der Waals surface area contributed by atoms with Crippen LogP contribution in [0.2, 0.25) is 0 Å². The van der Waals surface area contributed by atoms with Crippen LogP contribution in [0.1, 0.15) is 50.6 Å². The van der Waals surface area contributed by atoms with Gasteiger partial charge in [-0.1, -0.05) is 30.3 Å². The van der Waals surface area contributed by atoms with Crippen LogP contribution < -0.4 is 10.1 Å². The van der Waals surface area contributed by atoms with E-state index in [9.17, 15) is 4.79 Å². The average molecular weight is 460 g/mol. The molecule has 1 aliphatic heterocycles. The molecular formula is C24H33N3O6. The number of aromatic nitrogens is 2. The van der Waals surface area contributed by atoms with Gasteiger partial charge in [0.15, 0.2) is 5.79 Å². The lowest BCUT2D eigenvalue weighted by Gasteiger charge is -2.35. The lowest BCUT2D eigenvalue weighted by atomic mass is 9.90. The van der Waals surface area contributed by atoms with Gasteiger partial charge in [-0.05, 0) is 25.3 Å². The molecule has 1 amide bonds. The van der Waals surface area contributed by atoms with Crippen LogP contribution in [0.25, 0.3) is 0 Å². The first-order chi connectivity index (χ1) is 16.2. The second-order valence-electron chi connectivity index (χ2n) is 8.25. The first kappa shape index (κ1) is 23.5. The van der Waals surface area contributed by atoms with Crippen molar-refractivity contribution < 1.29 is 28.5 Å². The Morgan fingerprint density at radius 1 is 1.18 bits per heavy atom. The number of anilines is 1. The number of carbonyl (C=O) groups is 1. The van der Waals surface area contributed by atoms with Gasteiger partial charge in [-0.15, -0.1) is 5.10 Å². The Bertz CT molecular complexity index is 872. The fourth-order valence-electron chi connectivity index (χ4n) is 4.19. The number of benzene rings is 1. The molecule has 0 radical (unpaired) electrons. The lowest BCUT2D eigenvalue weighted by molar-refractivity contribution is -0.181. The van der Waals surface area contributed by atoms with Gasteiger partial charge in [0.05, 0.1) is 32.1 Å². The summed E-state index contributed by atoms with van der Waals surface area (Å²) < 4.78 is 30.2. The first-order valence-electron chi connectivity index (χ1n) is 11.7. The second kappa shape index (κ2) is 11.5. The van der Waals surface area contributed by atoms with Crippen molar-refractivity contribution in [1.29, 1.82) is 0 Å². The summed E-state index contributed by atoms with van der Waals surface area (Å²) in [6, 6.07) is 9.74. The summed E-state index contributed by atoms with van der Waals surface area (Å²) >= 11 is 0. The molecule has 1 saturated heterocycles. The van der Waals surface area contributed by atoms with Crippen molar-refractivity contribution in [3.8, 4) is 5.88 Å². The van der Waals surface area contributed by atoms with Crippen molar-refractivity contribution in [2.75, 3.05) is 38.4 Å². The zero-order chi connectivity index (χ0) is 22.9.